The Bertz CT molecular complexity index is 482. The molecule has 3 nitrogen and oxygen atoms in total. The molecule has 2 bridgehead atoms. The Balaban J connectivity index is 0.00000133. The van der Waals surface area contributed by atoms with Gasteiger partial charge in [-0.25, -0.2) is 0 Å². The normalized spacial score (nSPS) is 27.2. The van der Waals surface area contributed by atoms with Crippen LogP contribution in [0.4, 0.5) is 5.69 Å². The molecule has 0 aromatic heterocycles. The van der Waals surface area contributed by atoms with Crippen LogP contribution in [-0.4, -0.2) is 30.2 Å². The molecule has 104 valence electrons. The number of nitrogens with zero attached hydrogens (tertiary/aromatic N) is 2. The SMILES string of the molecule is Cl.Clc1ccc(NN=C2CN3CCC2CC3)c(Cl)c1. The molecule has 3 fully saturated rings. The molecule has 3 saturated heterocycles. The maximum atomic E-state index is 6.10. The number of piperidine rings is 3. The number of benzene rings is 1. The summed E-state index contributed by atoms with van der Waals surface area (Å²) in [7, 11) is 0. The van der Waals surface area contributed by atoms with Crippen molar-refractivity contribution >= 4 is 47.0 Å². The topological polar surface area (TPSA) is 27.6 Å². The number of hydrogen-bond acceptors (Lipinski definition) is 3. The van der Waals surface area contributed by atoms with E-state index in [1.807, 2.05) is 12.1 Å². The minimum Gasteiger partial charge on any atom is -0.298 e. The summed E-state index contributed by atoms with van der Waals surface area (Å²) >= 11 is 12.0. The molecule has 1 aromatic rings. The Labute approximate surface area is 129 Å². The summed E-state index contributed by atoms with van der Waals surface area (Å²) < 4.78 is 0. The van der Waals surface area contributed by atoms with Crippen LogP contribution in [0.1, 0.15) is 12.8 Å². The van der Waals surface area contributed by atoms with E-state index in [0.29, 0.717) is 16.0 Å². The van der Waals surface area contributed by atoms with Gasteiger partial charge in [0.25, 0.3) is 0 Å². The third kappa shape index (κ3) is 3.34. The first-order chi connectivity index (χ1) is 8.72. The Kier molecular flexibility index (Phi) is 4.96. The Hall–Kier alpha value is -0.480. The first kappa shape index (κ1) is 14.9. The molecule has 3 aliphatic heterocycles. The van der Waals surface area contributed by atoms with E-state index in [0.717, 1.165) is 12.2 Å². The zero-order chi connectivity index (χ0) is 12.5. The van der Waals surface area contributed by atoms with Crippen molar-refractivity contribution in [3.8, 4) is 0 Å². The van der Waals surface area contributed by atoms with Gasteiger partial charge in [-0.3, -0.25) is 10.3 Å². The first-order valence-electron chi connectivity index (χ1n) is 6.22. The van der Waals surface area contributed by atoms with E-state index in [-0.39, 0.29) is 12.4 Å². The van der Waals surface area contributed by atoms with Gasteiger partial charge in [-0.1, -0.05) is 23.2 Å². The highest BCUT2D eigenvalue weighted by Crippen LogP contribution is 2.28. The van der Waals surface area contributed by atoms with Gasteiger partial charge in [0.05, 0.1) is 16.4 Å². The van der Waals surface area contributed by atoms with Crippen LogP contribution in [0.2, 0.25) is 10.0 Å². The van der Waals surface area contributed by atoms with Crippen molar-refractivity contribution in [3.63, 3.8) is 0 Å². The molecule has 1 N–H and O–H groups in total. The maximum Gasteiger partial charge on any atom is 0.0749 e. The lowest BCUT2D eigenvalue weighted by atomic mass is 9.87. The van der Waals surface area contributed by atoms with Gasteiger partial charge in [0.1, 0.15) is 0 Å². The van der Waals surface area contributed by atoms with Crippen LogP contribution in [0, 0.1) is 5.92 Å². The second kappa shape index (κ2) is 6.31. The van der Waals surface area contributed by atoms with Crippen LogP contribution in [0.5, 0.6) is 0 Å². The van der Waals surface area contributed by atoms with Gasteiger partial charge in [0, 0.05) is 17.5 Å². The average Bonchev–Trinajstić information content (AvgIpc) is 2.39. The minimum atomic E-state index is 0. The lowest BCUT2D eigenvalue weighted by Crippen LogP contribution is -2.48. The number of rotatable bonds is 2. The van der Waals surface area contributed by atoms with Crippen molar-refractivity contribution in [2.24, 2.45) is 11.0 Å². The summed E-state index contributed by atoms with van der Waals surface area (Å²) in [4.78, 5) is 2.45. The number of hydrogen-bond donors (Lipinski definition) is 1. The van der Waals surface area contributed by atoms with Gasteiger partial charge < -0.3 is 0 Å². The van der Waals surface area contributed by atoms with Crippen LogP contribution >= 0.6 is 35.6 Å². The van der Waals surface area contributed by atoms with Gasteiger partial charge in [-0.05, 0) is 44.1 Å². The quantitative estimate of drug-likeness (QED) is 0.837. The van der Waals surface area contributed by atoms with Gasteiger partial charge in [0.15, 0.2) is 0 Å². The molecule has 4 rings (SSSR count). The molecule has 19 heavy (non-hydrogen) atoms. The predicted molar refractivity (Wildman–Crippen MR) is 83.9 cm³/mol. The predicted octanol–water partition coefficient (Wildman–Crippen LogP) is 3.91. The molecule has 6 heteroatoms. The van der Waals surface area contributed by atoms with Gasteiger partial charge in [-0.2, -0.15) is 5.10 Å². The van der Waals surface area contributed by atoms with E-state index in [4.69, 9.17) is 23.2 Å². The lowest BCUT2D eigenvalue weighted by Gasteiger charge is -2.39. The number of anilines is 1. The Morgan fingerprint density at radius 3 is 2.53 bits per heavy atom. The zero-order valence-corrected chi connectivity index (χ0v) is 12.7. The highest BCUT2D eigenvalue weighted by molar-refractivity contribution is 6.36. The van der Waals surface area contributed by atoms with Crippen molar-refractivity contribution in [3.05, 3.63) is 28.2 Å². The third-order valence-electron chi connectivity index (χ3n) is 3.70. The largest absolute Gasteiger partial charge is 0.298 e. The highest BCUT2D eigenvalue weighted by atomic mass is 35.5. The number of nitrogens with one attached hydrogen (secondary N) is 1. The van der Waals surface area contributed by atoms with Crippen LogP contribution in [-0.2, 0) is 0 Å². The summed E-state index contributed by atoms with van der Waals surface area (Å²) in [6.07, 6.45) is 2.46. The van der Waals surface area contributed by atoms with E-state index in [2.05, 4.69) is 15.4 Å². The molecule has 0 amide bonds. The fourth-order valence-electron chi connectivity index (χ4n) is 2.62. The van der Waals surface area contributed by atoms with Crippen molar-refractivity contribution < 1.29 is 0 Å². The molecule has 3 heterocycles. The Morgan fingerprint density at radius 2 is 1.95 bits per heavy atom. The summed E-state index contributed by atoms with van der Waals surface area (Å²) in [6, 6.07) is 5.39. The molecule has 0 atom stereocenters. The van der Waals surface area contributed by atoms with Crippen LogP contribution in [0.15, 0.2) is 23.3 Å². The highest BCUT2D eigenvalue weighted by Gasteiger charge is 2.30. The summed E-state index contributed by atoms with van der Waals surface area (Å²) in [5, 5.41) is 5.77. The van der Waals surface area contributed by atoms with E-state index in [1.165, 1.54) is 31.6 Å². The van der Waals surface area contributed by atoms with Crippen molar-refractivity contribution in [2.75, 3.05) is 25.1 Å². The lowest BCUT2D eigenvalue weighted by molar-refractivity contribution is 0.200. The van der Waals surface area contributed by atoms with E-state index >= 15 is 0 Å². The van der Waals surface area contributed by atoms with Gasteiger partial charge >= 0.3 is 0 Å². The standard InChI is InChI=1S/C13H15Cl2N3.ClH/c14-10-1-2-12(11(15)7-10)16-17-13-8-18-5-3-9(13)4-6-18;/h1-2,7,9,16H,3-6,8H2;1H. The number of hydrazone groups is 1. The monoisotopic (exact) mass is 319 g/mol. The average molecular weight is 321 g/mol. The molecule has 0 aliphatic carbocycles. The summed E-state index contributed by atoms with van der Waals surface area (Å²) in [6.45, 7) is 3.42. The first-order valence-corrected chi connectivity index (χ1v) is 6.98. The van der Waals surface area contributed by atoms with E-state index in [9.17, 15) is 0 Å². The molecule has 0 radical (unpaired) electrons. The van der Waals surface area contributed by atoms with Gasteiger partial charge in [0.2, 0.25) is 0 Å². The zero-order valence-electron chi connectivity index (χ0n) is 10.4. The molecule has 1 aromatic carbocycles. The molecule has 0 saturated carbocycles. The molecule has 3 aliphatic rings. The molecular weight excluding hydrogens is 305 g/mol. The Morgan fingerprint density at radius 1 is 1.21 bits per heavy atom. The smallest absolute Gasteiger partial charge is 0.0749 e. The molecule has 0 unspecified atom stereocenters. The number of halogens is 3. The fourth-order valence-corrected chi connectivity index (χ4v) is 3.07. The minimum absolute atomic E-state index is 0. The second-order valence-electron chi connectivity index (χ2n) is 4.89. The van der Waals surface area contributed by atoms with Crippen LogP contribution in [0.3, 0.4) is 0 Å². The van der Waals surface area contributed by atoms with Crippen molar-refractivity contribution in [1.29, 1.82) is 0 Å². The van der Waals surface area contributed by atoms with E-state index < -0.39 is 0 Å². The third-order valence-corrected chi connectivity index (χ3v) is 4.24. The van der Waals surface area contributed by atoms with Crippen LogP contribution in [0.25, 0.3) is 0 Å². The molecule has 0 spiro atoms. The maximum absolute atomic E-state index is 6.10. The van der Waals surface area contributed by atoms with Gasteiger partial charge in [-0.15, -0.1) is 12.4 Å². The summed E-state index contributed by atoms with van der Waals surface area (Å²) in [5.74, 6) is 0.647. The van der Waals surface area contributed by atoms with E-state index in [1.54, 1.807) is 6.07 Å². The molecular formula is C13H16Cl3N3. The van der Waals surface area contributed by atoms with Crippen molar-refractivity contribution in [2.45, 2.75) is 12.8 Å². The second-order valence-corrected chi connectivity index (χ2v) is 5.73. The van der Waals surface area contributed by atoms with Crippen LogP contribution < -0.4 is 5.43 Å². The number of fused-ring (bicyclic) bond motifs is 3. The summed E-state index contributed by atoms with van der Waals surface area (Å²) in [5.41, 5.74) is 5.12. The fraction of sp³-hybridized carbons (Fsp3) is 0.462. The van der Waals surface area contributed by atoms with Crippen molar-refractivity contribution in [1.82, 2.24) is 4.90 Å².